The second-order valence-electron chi connectivity index (χ2n) is 8.73. The fourth-order valence-electron chi connectivity index (χ4n) is 4.47. The van der Waals surface area contributed by atoms with Crippen LogP contribution in [0.1, 0.15) is 20.8 Å². The maximum Gasteiger partial charge on any atom is 0.272 e. The van der Waals surface area contributed by atoms with Crippen molar-refractivity contribution >= 4 is 45.0 Å². The lowest BCUT2D eigenvalue weighted by atomic mass is 10.0. The molecular formula is C29H23N5O2. The highest BCUT2D eigenvalue weighted by Gasteiger charge is 2.12. The lowest BCUT2D eigenvalue weighted by Gasteiger charge is -2.07. The number of benzene rings is 3. The van der Waals surface area contributed by atoms with Gasteiger partial charge in [-0.1, -0.05) is 18.2 Å². The average Bonchev–Trinajstić information content (AvgIpc) is 3.65. The molecule has 0 aliphatic heterocycles. The molecule has 0 saturated carbocycles. The zero-order valence-electron chi connectivity index (χ0n) is 19.5. The molecule has 3 aromatic heterocycles. The fourth-order valence-corrected chi connectivity index (χ4v) is 4.47. The van der Waals surface area contributed by atoms with E-state index in [2.05, 4.69) is 20.6 Å². The number of H-pyrrole nitrogens is 2. The number of hydrogen-bond donors (Lipinski definition) is 4. The largest absolute Gasteiger partial charge is 0.360 e. The Hall–Kier alpha value is -5.04. The second kappa shape index (κ2) is 8.63. The highest BCUT2D eigenvalue weighted by atomic mass is 16.2. The summed E-state index contributed by atoms with van der Waals surface area (Å²) in [6.45, 7) is 0. The van der Waals surface area contributed by atoms with E-state index in [0.717, 1.165) is 44.3 Å². The van der Waals surface area contributed by atoms with E-state index in [4.69, 9.17) is 0 Å². The van der Waals surface area contributed by atoms with Crippen LogP contribution < -0.4 is 10.6 Å². The Labute approximate surface area is 206 Å². The molecule has 4 N–H and O–H groups in total. The van der Waals surface area contributed by atoms with Gasteiger partial charge >= 0.3 is 0 Å². The molecular weight excluding hydrogens is 450 g/mol. The van der Waals surface area contributed by atoms with Crippen LogP contribution in [0.4, 0.5) is 11.4 Å². The topological polar surface area (TPSA) is 94.7 Å². The molecule has 0 bridgehead atoms. The van der Waals surface area contributed by atoms with Gasteiger partial charge in [-0.15, -0.1) is 0 Å². The molecule has 0 fully saturated rings. The molecule has 6 aromatic rings. The highest BCUT2D eigenvalue weighted by Crippen LogP contribution is 2.31. The second-order valence-corrected chi connectivity index (χ2v) is 8.73. The minimum absolute atomic E-state index is 0.149. The highest BCUT2D eigenvalue weighted by molar-refractivity contribution is 6.08. The van der Waals surface area contributed by atoms with Gasteiger partial charge in [0.2, 0.25) is 0 Å². The Balaban J connectivity index is 1.19. The minimum Gasteiger partial charge on any atom is -0.360 e. The third-order valence-electron chi connectivity index (χ3n) is 6.38. The first-order chi connectivity index (χ1) is 17.5. The van der Waals surface area contributed by atoms with Gasteiger partial charge in [0.15, 0.2) is 0 Å². The number of aromatic nitrogens is 3. The van der Waals surface area contributed by atoms with Gasteiger partial charge in [0.25, 0.3) is 11.8 Å². The molecule has 0 radical (unpaired) electrons. The monoisotopic (exact) mass is 473 g/mol. The van der Waals surface area contributed by atoms with Crippen LogP contribution in [0.2, 0.25) is 0 Å². The van der Waals surface area contributed by atoms with Crippen molar-refractivity contribution in [2.24, 2.45) is 7.05 Å². The lowest BCUT2D eigenvalue weighted by Crippen LogP contribution is -2.11. The van der Waals surface area contributed by atoms with Crippen molar-refractivity contribution in [3.8, 4) is 11.1 Å². The molecule has 0 saturated heterocycles. The summed E-state index contributed by atoms with van der Waals surface area (Å²) in [5.41, 5.74) is 6.64. The zero-order chi connectivity index (χ0) is 24.6. The van der Waals surface area contributed by atoms with Gasteiger partial charge in [-0.2, -0.15) is 0 Å². The van der Waals surface area contributed by atoms with E-state index in [1.807, 2.05) is 90.7 Å². The summed E-state index contributed by atoms with van der Waals surface area (Å²) >= 11 is 0. The third-order valence-corrected chi connectivity index (χ3v) is 6.38. The first-order valence-electron chi connectivity index (χ1n) is 11.6. The zero-order valence-corrected chi connectivity index (χ0v) is 19.5. The maximum absolute atomic E-state index is 12.9. The van der Waals surface area contributed by atoms with Crippen LogP contribution in [0.15, 0.2) is 97.5 Å². The number of fused-ring (bicyclic) bond motifs is 2. The van der Waals surface area contributed by atoms with Crippen molar-refractivity contribution in [2.75, 3.05) is 10.6 Å². The van der Waals surface area contributed by atoms with Crippen molar-refractivity contribution in [3.63, 3.8) is 0 Å². The van der Waals surface area contributed by atoms with E-state index in [1.165, 1.54) is 0 Å². The Kier molecular flexibility index (Phi) is 5.15. The summed E-state index contributed by atoms with van der Waals surface area (Å²) in [6, 6.07) is 24.8. The van der Waals surface area contributed by atoms with E-state index < -0.39 is 0 Å². The molecule has 7 heteroatoms. The summed E-state index contributed by atoms with van der Waals surface area (Å²) in [6.07, 6.45) is 5.65. The van der Waals surface area contributed by atoms with Crippen LogP contribution in [0, 0.1) is 0 Å². The number of rotatable bonds is 5. The summed E-state index contributed by atoms with van der Waals surface area (Å²) < 4.78 is 2.03. The van der Waals surface area contributed by atoms with Crippen molar-refractivity contribution < 1.29 is 9.59 Å². The number of anilines is 2. The number of aromatic amines is 2. The first-order valence-corrected chi connectivity index (χ1v) is 11.6. The Morgan fingerprint density at radius 1 is 0.806 bits per heavy atom. The Bertz CT molecular complexity index is 1720. The number of aryl methyl sites for hydroxylation is 1. The minimum atomic E-state index is -0.182. The molecule has 176 valence electrons. The van der Waals surface area contributed by atoms with Crippen LogP contribution in [0.25, 0.3) is 32.9 Å². The fraction of sp³-hybridized carbons (Fsp3) is 0.0345. The number of hydrogen-bond acceptors (Lipinski definition) is 2. The molecule has 0 spiro atoms. The molecule has 36 heavy (non-hydrogen) atoms. The van der Waals surface area contributed by atoms with Gasteiger partial charge in [-0.3, -0.25) is 9.59 Å². The molecule has 6 rings (SSSR count). The van der Waals surface area contributed by atoms with Crippen LogP contribution in [-0.2, 0) is 7.05 Å². The van der Waals surface area contributed by atoms with Crippen molar-refractivity contribution in [1.29, 1.82) is 0 Å². The number of carbonyl (C=O) groups is 2. The van der Waals surface area contributed by atoms with Crippen LogP contribution in [0.5, 0.6) is 0 Å². The maximum atomic E-state index is 12.9. The molecule has 7 nitrogen and oxygen atoms in total. The van der Waals surface area contributed by atoms with Gasteiger partial charge in [-0.05, 0) is 66.2 Å². The smallest absolute Gasteiger partial charge is 0.272 e. The van der Waals surface area contributed by atoms with Crippen LogP contribution >= 0.6 is 0 Å². The summed E-state index contributed by atoms with van der Waals surface area (Å²) in [5.74, 6) is -0.332. The van der Waals surface area contributed by atoms with E-state index >= 15 is 0 Å². The van der Waals surface area contributed by atoms with Gasteiger partial charge in [-0.25, -0.2) is 0 Å². The van der Waals surface area contributed by atoms with Crippen molar-refractivity contribution in [2.45, 2.75) is 0 Å². The number of carbonyl (C=O) groups excluding carboxylic acids is 2. The standard InChI is InChI=1S/C29H23N5O2/c1-34-14-12-19-15-20(6-11-27(19)34)28(35)33-22-9-10-23-24(17-31-26(23)16-22)18-4-7-21(8-5-18)32-29(36)25-3-2-13-30-25/h2-17,30-31H,1H3,(H,32,36)(H,33,35). The first kappa shape index (κ1) is 21.5. The van der Waals surface area contributed by atoms with Crippen LogP contribution in [0.3, 0.4) is 0 Å². The van der Waals surface area contributed by atoms with Crippen LogP contribution in [-0.4, -0.2) is 26.3 Å². The predicted molar refractivity (Wildman–Crippen MR) is 143 cm³/mol. The Morgan fingerprint density at radius 2 is 1.61 bits per heavy atom. The molecule has 3 aromatic carbocycles. The SMILES string of the molecule is Cn1ccc2cc(C(=O)Nc3ccc4c(-c5ccc(NC(=O)c6ccc[nH]6)cc5)c[nH]c4c3)ccc21. The normalized spacial score (nSPS) is 11.1. The average molecular weight is 474 g/mol. The van der Waals surface area contributed by atoms with Crippen molar-refractivity contribution in [3.05, 3.63) is 109 Å². The summed E-state index contributed by atoms with van der Waals surface area (Å²) in [4.78, 5) is 31.3. The quantitative estimate of drug-likeness (QED) is 0.241. The summed E-state index contributed by atoms with van der Waals surface area (Å²) in [5, 5.41) is 7.96. The molecule has 3 heterocycles. The van der Waals surface area contributed by atoms with E-state index in [1.54, 1.807) is 18.3 Å². The van der Waals surface area contributed by atoms with Gasteiger partial charge in [0.05, 0.1) is 0 Å². The molecule has 0 aliphatic rings. The van der Waals surface area contributed by atoms with Gasteiger partial charge < -0.3 is 25.2 Å². The van der Waals surface area contributed by atoms with Gasteiger partial charge in [0, 0.05) is 69.9 Å². The molecule has 0 atom stereocenters. The van der Waals surface area contributed by atoms with E-state index in [0.29, 0.717) is 11.3 Å². The summed E-state index contributed by atoms with van der Waals surface area (Å²) in [7, 11) is 1.99. The third kappa shape index (κ3) is 3.92. The van der Waals surface area contributed by atoms with E-state index in [-0.39, 0.29) is 11.8 Å². The van der Waals surface area contributed by atoms with Gasteiger partial charge in [0.1, 0.15) is 5.69 Å². The molecule has 0 unspecified atom stereocenters. The molecule has 0 aliphatic carbocycles. The number of nitrogens with one attached hydrogen (secondary N) is 4. The Morgan fingerprint density at radius 3 is 2.42 bits per heavy atom. The number of amides is 2. The lowest BCUT2D eigenvalue weighted by molar-refractivity contribution is 0.101. The number of nitrogens with zero attached hydrogens (tertiary/aromatic N) is 1. The van der Waals surface area contributed by atoms with Crippen molar-refractivity contribution in [1.82, 2.24) is 14.5 Å². The molecule has 2 amide bonds. The predicted octanol–water partition coefficient (Wildman–Crippen LogP) is 6.16. The van der Waals surface area contributed by atoms with E-state index in [9.17, 15) is 9.59 Å².